The van der Waals surface area contributed by atoms with Gasteiger partial charge in [0.25, 0.3) is 0 Å². The molecule has 1 heterocycles. The first-order valence-corrected chi connectivity index (χ1v) is 6.88. The standard InChI is InChI=1S/C14H17ClN2O3/c1-9-3-2-4-11(15)13(9)20-6-5-16-14(19)10-7-12(18)17-8-10/h2-4,10H,5-8H2,1H3,(H,16,19)(H,17,18). The summed E-state index contributed by atoms with van der Waals surface area (Å²) in [7, 11) is 0. The number of amides is 2. The lowest BCUT2D eigenvalue weighted by atomic mass is 10.1. The van der Waals surface area contributed by atoms with Crippen LogP contribution in [0.5, 0.6) is 5.75 Å². The van der Waals surface area contributed by atoms with Gasteiger partial charge in [0.2, 0.25) is 11.8 Å². The van der Waals surface area contributed by atoms with Crippen LogP contribution >= 0.6 is 11.6 Å². The van der Waals surface area contributed by atoms with Gasteiger partial charge in [0.05, 0.1) is 17.5 Å². The van der Waals surface area contributed by atoms with Crippen molar-refractivity contribution >= 4 is 23.4 Å². The van der Waals surface area contributed by atoms with Gasteiger partial charge in [-0.2, -0.15) is 0 Å². The van der Waals surface area contributed by atoms with Crippen molar-refractivity contribution in [2.24, 2.45) is 5.92 Å². The second kappa shape index (κ2) is 6.61. The molecule has 2 N–H and O–H groups in total. The Labute approximate surface area is 122 Å². The summed E-state index contributed by atoms with van der Waals surface area (Å²) < 4.78 is 5.57. The first-order chi connectivity index (χ1) is 9.58. The van der Waals surface area contributed by atoms with Crippen molar-refractivity contribution in [3.8, 4) is 5.75 Å². The minimum Gasteiger partial charge on any atom is -0.490 e. The molecule has 1 fully saturated rings. The van der Waals surface area contributed by atoms with Crippen molar-refractivity contribution in [2.75, 3.05) is 19.7 Å². The van der Waals surface area contributed by atoms with Gasteiger partial charge in [-0.15, -0.1) is 0 Å². The zero-order valence-corrected chi connectivity index (χ0v) is 12.0. The molecule has 1 aromatic rings. The number of nitrogens with one attached hydrogen (secondary N) is 2. The average Bonchev–Trinajstić information content (AvgIpc) is 2.84. The van der Waals surface area contributed by atoms with E-state index in [1.807, 2.05) is 19.1 Å². The fraction of sp³-hybridized carbons (Fsp3) is 0.429. The van der Waals surface area contributed by atoms with E-state index in [2.05, 4.69) is 10.6 Å². The van der Waals surface area contributed by atoms with Crippen molar-refractivity contribution in [1.82, 2.24) is 10.6 Å². The summed E-state index contributed by atoms with van der Waals surface area (Å²) in [4.78, 5) is 22.8. The molecule has 0 saturated carbocycles. The van der Waals surface area contributed by atoms with Gasteiger partial charge in [0.15, 0.2) is 0 Å². The van der Waals surface area contributed by atoms with Crippen LogP contribution in [0.15, 0.2) is 18.2 Å². The molecule has 5 nitrogen and oxygen atoms in total. The number of hydrogen-bond acceptors (Lipinski definition) is 3. The summed E-state index contributed by atoms with van der Waals surface area (Å²) in [5.41, 5.74) is 0.953. The highest BCUT2D eigenvalue weighted by atomic mass is 35.5. The summed E-state index contributed by atoms with van der Waals surface area (Å²) in [6.07, 6.45) is 0.260. The van der Waals surface area contributed by atoms with Crippen molar-refractivity contribution < 1.29 is 14.3 Å². The van der Waals surface area contributed by atoms with E-state index < -0.39 is 0 Å². The third-order valence-electron chi connectivity index (χ3n) is 3.16. The van der Waals surface area contributed by atoms with Crippen LogP contribution in [0.4, 0.5) is 0 Å². The van der Waals surface area contributed by atoms with Gasteiger partial charge in [-0.1, -0.05) is 23.7 Å². The predicted octanol–water partition coefficient (Wildman–Crippen LogP) is 1.28. The zero-order chi connectivity index (χ0) is 14.5. The van der Waals surface area contributed by atoms with Gasteiger partial charge >= 0.3 is 0 Å². The smallest absolute Gasteiger partial charge is 0.225 e. The molecular weight excluding hydrogens is 280 g/mol. The third kappa shape index (κ3) is 3.63. The Balaban J connectivity index is 1.74. The molecule has 1 aromatic carbocycles. The molecule has 6 heteroatoms. The van der Waals surface area contributed by atoms with E-state index in [0.29, 0.717) is 30.5 Å². The summed E-state index contributed by atoms with van der Waals surface area (Å²) in [6.45, 7) is 3.04. The van der Waals surface area contributed by atoms with E-state index >= 15 is 0 Å². The highest BCUT2D eigenvalue weighted by molar-refractivity contribution is 6.32. The van der Waals surface area contributed by atoms with Crippen LogP contribution in [0.1, 0.15) is 12.0 Å². The Hall–Kier alpha value is -1.75. The topological polar surface area (TPSA) is 67.4 Å². The molecule has 1 aliphatic heterocycles. The first kappa shape index (κ1) is 14.7. The van der Waals surface area contributed by atoms with Crippen molar-refractivity contribution in [3.05, 3.63) is 28.8 Å². The van der Waals surface area contributed by atoms with E-state index in [-0.39, 0.29) is 24.2 Å². The second-order valence-electron chi connectivity index (χ2n) is 4.73. The van der Waals surface area contributed by atoms with Gasteiger partial charge in [0, 0.05) is 13.0 Å². The van der Waals surface area contributed by atoms with Crippen molar-refractivity contribution in [2.45, 2.75) is 13.3 Å². The van der Waals surface area contributed by atoms with Gasteiger partial charge in [0.1, 0.15) is 12.4 Å². The molecule has 1 atom stereocenters. The van der Waals surface area contributed by atoms with Crippen LogP contribution in [0.3, 0.4) is 0 Å². The van der Waals surface area contributed by atoms with E-state index in [4.69, 9.17) is 16.3 Å². The molecule has 1 unspecified atom stereocenters. The van der Waals surface area contributed by atoms with Crippen LogP contribution in [-0.2, 0) is 9.59 Å². The van der Waals surface area contributed by atoms with Crippen LogP contribution in [-0.4, -0.2) is 31.5 Å². The number of ether oxygens (including phenoxy) is 1. The number of carbonyl (C=O) groups excluding carboxylic acids is 2. The Morgan fingerprint density at radius 1 is 1.55 bits per heavy atom. The fourth-order valence-corrected chi connectivity index (χ4v) is 2.34. The minimum atomic E-state index is -0.274. The molecule has 108 valence electrons. The van der Waals surface area contributed by atoms with Crippen LogP contribution in [0.25, 0.3) is 0 Å². The zero-order valence-electron chi connectivity index (χ0n) is 11.2. The Bertz CT molecular complexity index is 499. The quantitative estimate of drug-likeness (QED) is 0.804. The lowest BCUT2D eigenvalue weighted by molar-refractivity contribution is -0.126. The second-order valence-corrected chi connectivity index (χ2v) is 5.14. The maximum absolute atomic E-state index is 11.8. The Morgan fingerprint density at radius 3 is 3.00 bits per heavy atom. The fourth-order valence-electron chi connectivity index (χ4n) is 2.06. The molecule has 0 aliphatic carbocycles. The summed E-state index contributed by atoms with van der Waals surface area (Å²) in [5, 5.41) is 5.95. The number of carbonyl (C=O) groups is 2. The van der Waals surface area contributed by atoms with Gasteiger partial charge < -0.3 is 15.4 Å². The van der Waals surface area contributed by atoms with Crippen LogP contribution in [0, 0.1) is 12.8 Å². The van der Waals surface area contributed by atoms with E-state index in [0.717, 1.165) is 5.56 Å². The molecule has 1 saturated heterocycles. The number of benzene rings is 1. The largest absolute Gasteiger partial charge is 0.490 e. The molecule has 2 rings (SSSR count). The van der Waals surface area contributed by atoms with Gasteiger partial charge in [-0.25, -0.2) is 0 Å². The lowest BCUT2D eigenvalue weighted by Gasteiger charge is -2.12. The van der Waals surface area contributed by atoms with E-state index in [1.165, 1.54) is 0 Å². The summed E-state index contributed by atoms with van der Waals surface area (Å²) in [5.74, 6) is 0.168. The summed E-state index contributed by atoms with van der Waals surface area (Å²) >= 11 is 6.03. The first-order valence-electron chi connectivity index (χ1n) is 6.50. The van der Waals surface area contributed by atoms with Crippen LogP contribution < -0.4 is 15.4 Å². The Kier molecular flexibility index (Phi) is 4.84. The Morgan fingerprint density at radius 2 is 2.35 bits per heavy atom. The molecule has 0 radical (unpaired) electrons. The molecule has 0 bridgehead atoms. The molecular formula is C14H17ClN2O3. The molecule has 2 amide bonds. The van der Waals surface area contributed by atoms with Crippen LogP contribution in [0.2, 0.25) is 5.02 Å². The average molecular weight is 297 g/mol. The highest BCUT2D eigenvalue weighted by Crippen LogP contribution is 2.27. The normalized spacial score (nSPS) is 17.7. The predicted molar refractivity (Wildman–Crippen MR) is 75.8 cm³/mol. The molecule has 20 heavy (non-hydrogen) atoms. The number of aryl methyl sites for hydroxylation is 1. The van der Waals surface area contributed by atoms with Gasteiger partial charge in [-0.05, 0) is 18.6 Å². The molecule has 1 aliphatic rings. The number of para-hydroxylation sites is 1. The van der Waals surface area contributed by atoms with E-state index in [9.17, 15) is 9.59 Å². The van der Waals surface area contributed by atoms with Gasteiger partial charge in [-0.3, -0.25) is 9.59 Å². The number of rotatable bonds is 5. The van der Waals surface area contributed by atoms with E-state index in [1.54, 1.807) is 6.07 Å². The molecule has 0 spiro atoms. The maximum atomic E-state index is 11.8. The SMILES string of the molecule is Cc1cccc(Cl)c1OCCNC(=O)C1CNC(=O)C1. The van der Waals surface area contributed by atoms with Crippen molar-refractivity contribution in [1.29, 1.82) is 0 Å². The monoisotopic (exact) mass is 296 g/mol. The summed E-state index contributed by atoms with van der Waals surface area (Å²) in [6, 6.07) is 5.53. The minimum absolute atomic E-state index is 0.0758. The highest BCUT2D eigenvalue weighted by Gasteiger charge is 2.27. The lowest BCUT2D eigenvalue weighted by Crippen LogP contribution is -2.34. The third-order valence-corrected chi connectivity index (χ3v) is 3.46. The molecule has 0 aromatic heterocycles. The number of halogens is 1. The maximum Gasteiger partial charge on any atom is 0.225 e. The number of hydrogen-bond donors (Lipinski definition) is 2. The van der Waals surface area contributed by atoms with Crippen molar-refractivity contribution in [3.63, 3.8) is 0 Å².